The van der Waals surface area contributed by atoms with Gasteiger partial charge in [-0.3, -0.25) is 0 Å². The number of hydrogen-bond acceptors (Lipinski definition) is 4. The van der Waals surface area contributed by atoms with E-state index in [0.717, 1.165) is 24.8 Å². The smallest absolute Gasteiger partial charge is 0.253 e. The fourth-order valence-electron chi connectivity index (χ4n) is 3.09. The molecule has 0 fully saturated rings. The summed E-state index contributed by atoms with van der Waals surface area (Å²) in [7, 11) is -0.485. The standard InChI is InChI=1S/C19H23N3O4S/c1-25-17-11-10-15(13-18(17)26-2)20-19(21-27(3,23)24)22-12-6-8-14-7-4-5-9-16(14)22/h4-5,7,9-11,13H,6,8,12H2,1-3H3,(H,20,21). The summed E-state index contributed by atoms with van der Waals surface area (Å²) in [5.41, 5.74) is 2.77. The number of benzene rings is 2. The van der Waals surface area contributed by atoms with Crippen LogP contribution in [0, 0.1) is 0 Å². The Balaban J connectivity index is 2.01. The molecule has 144 valence electrons. The number of fused-ring (bicyclic) bond motifs is 1. The van der Waals surface area contributed by atoms with Crippen LogP contribution in [0.25, 0.3) is 0 Å². The van der Waals surface area contributed by atoms with E-state index in [1.54, 1.807) is 32.4 Å². The van der Waals surface area contributed by atoms with Crippen LogP contribution >= 0.6 is 0 Å². The van der Waals surface area contributed by atoms with Crippen molar-refractivity contribution >= 4 is 27.4 Å². The van der Waals surface area contributed by atoms with Gasteiger partial charge in [-0.15, -0.1) is 4.40 Å². The van der Waals surface area contributed by atoms with Gasteiger partial charge in [-0.05, 0) is 36.6 Å². The Bertz CT molecular complexity index is 957. The van der Waals surface area contributed by atoms with E-state index in [2.05, 4.69) is 15.8 Å². The number of methoxy groups -OCH3 is 2. The number of nitrogens with one attached hydrogen (secondary N) is 1. The first-order valence-electron chi connectivity index (χ1n) is 8.55. The molecule has 3 rings (SSSR count). The summed E-state index contributed by atoms with van der Waals surface area (Å²) < 4.78 is 38.4. The van der Waals surface area contributed by atoms with E-state index >= 15 is 0 Å². The van der Waals surface area contributed by atoms with Crippen molar-refractivity contribution < 1.29 is 17.9 Å². The van der Waals surface area contributed by atoms with Crippen LogP contribution in [-0.4, -0.2) is 41.4 Å². The van der Waals surface area contributed by atoms with Gasteiger partial charge in [0.15, 0.2) is 11.5 Å². The topological polar surface area (TPSA) is 80.2 Å². The van der Waals surface area contributed by atoms with Gasteiger partial charge >= 0.3 is 0 Å². The van der Waals surface area contributed by atoms with Gasteiger partial charge in [-0.2, -0.15) is 0 Å². The zero-order valence-electron chi connectivity index (χ0n) is 15.6. The van der Waals surface area contributed by atoms with E-state index in [4.69, 9.17) is 9.47 Å². The molecule has 0 spiro atoms. The summed E-state index contributed by atoms with van der Waals surface area (Å²) in [6.07, 6.45) is 2.95. The van der Waals surface area contributed by atoms with Gasteiger partial charge in [0.2, 0.25) is 5.96 Å². The molecule has 0 saturated carbocycles. The highest BCUT2D eigenvalue weighted by atomic mass is 32.2. The average molecular weight is 389 g/mol. The predicted molar refractivity (Wildman–Crippen MR) is 108 cm³/mol. The van der Waals surface area contributed by atoms with Crippen molar-refractivity contribution in [2.45, 2.75) is 12.8 Å². The maximum absolute atomic E-state index is 11.9. The number of anilines is 2. The molecule has 8 heteroatoms. The number of ether oxygens (including phenoxy) is 2. The zero-order valence-corrected chi connectivity index (χ0v) is 16.4. The Labute approximate surface area is 159 Å². The number of para-hydroxylation sites is 1. The Hall–Kier alpha value is -2.74. The average Bonchev–Trinajstić information content (AvgIpc) is 2.66. The Morgan fingerprint density at radius 3 is 2.56 bits per heavy atom. The molecule has 0 saturated heterocycles. The predicted octanol–water partition coefficient (Wildman–Crippen LogP) is 2.88. The molecule has 27 heavy (non-hydrogen) atoms. The van der Waals surface area contributed by atoms with Crippen molar-refractivity contribution in [1.82, 2.24) is 0 Å². The van der Waals surface area contributed by atoms with Gasteiger partial charge in [0.05, 0.1) is 20.5 Å². The van der Waals surface area contributed by atoms with Gasteiger partial charge in [-0.1, -0.05) is 18.2 Å². The molecule has 0 bridgehead atoms. The summed E-state index contributed by atoms with van der Waals surface area (Å²) in [6, 6.07) is 13.2. The second-order valence-electron chi connectivity index (χ2n) is 6.23. The molecule has 7 nitrogen and oxygen atoms in total. The molecule has 0 aromatic heterocycles. The first-order valence-corrected chi connectivity index (χ1v) is 10.4. The number of hydrogen-bond donors (Lipinski definition) is 1. The fraction of sp³-hybridized carbons (Fsp3) is 0.316. The van der Waals surface area contributed by atoms with E-state index in [-0.39, 0.29) is 5.96 Å². The zero-order chi connectivity index (χ0) is 19.4. The van der Waals surface area contributed by atoms with E-state index in [0.29, 0.717) is 23.7 Å². The SMILES string of the molecule is COc1ccc(N/C(=N/S(C)(=O)=O)N2CCCc3ccccc32)cc1OC. The lowest BCUT2D eigenvalue weighted by Crippen LogP contribution is -2.40. The van der Waals surface area contributed by atoms with Crippen molar-refractivity contribution in [1.29, 1.82) is 0 Å². The molecule has 0 atom stereocenters. The van der Waals surface area contributed by atoms with Crippen molar-refractivity contribution in [3.05, 3.63) is 48.0 Å². The van der Waals surface area contributed by atoms with Crippen LogP contribution in [0.3, 0.4) is 0 Å². The van der Waals surface area contributed by atoms with Crippen molar-refractivity contribution in [3.63, 3.8) is 0 Å². The van der Waals surface area contributed by atoms with E-state index in [9.17, 15) is 8.42 Å². The Kier molecular flexibility index (Phi) is 5.55. The highest BCUT2D eigenvalue weighted by Crippen LogP contribution is 2.31. The molecule has 1 N–H and O–H groups in total. The van der Waals surface area contributed by atoms with E-state index < -0.39 is 10.0 Å². The van der Waals surface area contributed by atoms with Crippen LogP contribution < -0.4 is 19.7 Å². The Morgan fingerprint density at radius 2 is 1.85 bits per heavy atom. The third kappa shape index (κ3) is 4.51. The summed E-state index contributed by atoms with van der Waals surface area (Å²) in [5, 5.41) is 3.13. The number of aryl methyl sites for hydroxylation is 1. The lowest BCUT2D eigenvalue weighted by atomic mass is 10.0. The highest BCUT2D eigenvalue weighted by molar-refractivity contribution is 7.89. The molecule has 2 aromatic rings. The minimum absolute atomic E-state index is 0.261. The third-order valence-corrected chi connectivity index (χ3v) is 4.76. The lowest BCUT2D eigenvalue weighted by molar-refractivity contribution is 0.355. The molecule has 1 heterocycles. The maximum atomic E-state index is 11.9. The first kappa shape index (κ1) is 19.0. The first-order chi connectivity index (χ1) is 12.9. The molecular formula is C19H23N3O4S. The van der Waals surface area contributed by atoms with Gasteiger partial charge in [-0.25, -0.2) is 8.42 Å². The van der Waals surface area contributed by atoms with Crippen LogP contribution in [0.5, 0.6) is 11.5 Å². The van der Waals surface area contributed by atoms with E-state index in [1.165, 1.54) is 5.56 Å². The van der Waals surface area contributed by atoms with Crippen molar-refractivity contribution in [2.75, 3.05) is 37.2 Å². The van der Waals surface area contributed by atoms with Crippen LogP contribution in [0.4, 0.5) is 11.4 Å². The van der Waals surface area contributed by atoms with Gasteiger partial charge < -0.3 is 19.7 Å². The minimum atomic E-state index is -3.60. The highest BCUT2D eigenvalue weighted by Gasteiger charge is 2.22. The number of guanidine groups is 1. The normalized spacial score (nSPS) is 14.5. The molecule has 2 aromatic carbocycles. The minimum Gasteiger partial charge on any atom is -0.493 e. The quantitative estimate of drug-likeness (QED) is 0.640. The van der Waals surface area contributed by atoms with Crippen LogP contribution in [-0.2, 0) is 16.4 Å². The Morgan fingerprint density at radius 1 is 1.11 bits per heavy atom. The molecule has 0 aliphatic carbocycles. The molecule has 0 amide bonds. The largest absolute Gasteiger partial charge is 0.493 e. The number of nitrogens with zero attached hydrogens (tertiary/aromatic N) is 2. The van der Waals surface area contributed by atoms with Crippen LogP contribution in [0.1, 0.15) is 12.0 Å². The summed E-state index contributed by atoms with van der Waals surface area (Å²) in [6.45, 7) is 0.672. The summed E-state index contributed by atoms with van der Waals surface area (Å²) >= 11 is 0. The van der Waals surface area contributed by atoms with Crippen molar-refractivity contribution in [2.24, 2.45) is 4.40 Å². The lowest BCUT2D eigenvalue weighted by Gasteiger charge is -2.32. The fourth-order valence-corrected chi connectivity index (χ4v) is 3.55. The van der Waals surface area contributed by atoms with E-state index in [1.807, 2.05) is 23.1 Å². The second-order valence-corrected chi connectivity index (χ2v) is 7.88. The molecule has 1 aliphatic rings. The third-order valence-electron chi connectivity index (χ3n) is 4.26. The molecule has 1 aliphatic heterocycles. The van der Waals surface area contributed by atoms with Crippen molar-refractivity contribution in [3.8, 4) is 11.5 Å². The van der Waals surface area contributed by atoms with Gasteiger partial charge in [0.25, 0.3) is 10.0 Å². The van der Waals surface area contributed by atoms with Crippen LogP contribution in [0.2, 0.25) is 0 Å². The molecular weight excluding hydrogens is 366 g/mol. The van der Waals surface area contributed by atoms with Gasteiger partial charge in [0, 0.05) is 24.0 Å². The van der Waals surface area contributed by atoms with Gasteiger partial charge in [0.1, 0.15) is 0 Å². The summed E-state index contributed by atoms with van der Waals surface area (Å²) in [4.78, 5) is 1.90. The molecule has 0 radical (unpaired) electrons. The second kappa shape index (κ2) is 7.87. The monoisotopic (exact) mass is 389 g/mol. The summed E-state index contributed by atoms with van der Waals surface area (Å²) in [5.74, 6) is 1.39. The number of sulfonamides is 1. The van der Waals surface area contributed by atoms with Crippen LogP contribution in [0.15, 0.2) is 46.9 Å². The maximum Gasteiger partial charge on any atom is 0.253 e. The number of rotatable bonds is 4. The molecule has 0 unspecified atom stereocenters.